The van der Waals surface area contributed by atoms with Gasteiger partial charge in [-0.25, -0.2) is 4.98 Å². The monoisotopic (exact) mass is 441 g/mol. The molecular formula is C26H23N3O2S. The lowest BCUT2D eigenvalue weighted by molar-refractivity contribution is -0.121. The van der Waals surface area contributed by atoms with E-state index in [0.29, 0.717) is 18.0 Å². The van der Waals surface area contributed by atoms with Crippen LogP contribution in [0.1, 0.15) is 24.0 Å². The van der Waals surface area contributed by atoms with E-state index in [4.69, 9.17) is 4.98 Å². The molecule has 0 spiro atoms. The van der Waals surface area contributed by atoms with Gasteiger partial charge >= 0.3 is 0 Å². The number of carbonyl (C=O) groups is 2. The summed E-state index contributed by atoms with van der Waals surface area (Å²) in [7, 11) is 0. The number of benzene rings is 3. The highest BCUT2D eigenvalue weighted by molar-refractivity contribution is 7.22. The molecule has 0 fully saturated rings. The first kappa shape index (κ1) is 20.4. The van der Waals surface area contributed by atoms with Crippen LogP contribution >= 0.6 is 11.3 Å². The fourth-order valence-corrected chi connectivity index (χ4v) is 5.17. The maximum atomic E-state index is 13.5. The second-order valence-corrected chi connectivity index (χ2v) is 9.08. The smallest absolute Gasteiger partial charge is 0.233 e. The Labute approximate surface area is 190 Å². The van der Waals surface area contributed by atoms with Crippen molar-refractivity contribution >= 4 is 49.9 Å². The molecule has 1 atom stereocenters. The number of para-hydroxylation sites is 3. The van der Waals surface area contributed by atoms with Crippen molar-refractivity contribution in [1.29, 1.82) is 0 Å². The number of nitrogens with zero attached hydrogens (tertiary/aromatic N) is 2. The third-order valence-corrected chi connectivity index (χ3v) is 6.92. The number of anilines is 3. The molecule has 0 bridgehead atoms. The lowest BCUT2D eigenvalue weighted by Gasteiger charge is -2.26. The predicted octanol–water partition coefficient (Wildman–Crippen LogP) is 5.86. The standard InChI is InChI=1S/C26H23N3O2S/c1-17-8-2-6-12-22(17)29(26-28-21-11-5-7-13-23(21)32-26)24(30)15-14-19-16-18-9-3-4-10-20(18)27-25(19)31/h2-13,19H,14-16H2,1H3,(H,27,31). The van der Waals surface area contributed by atoms with Crippen LogP contribution in [0.15, 0.2) is 72.8 Å². The van der Waals surface area contributed by atoms with Gasteiger partial charge < -0.3 is 5.32 Å². The number of hydrogen-bond donors (Lipinski definition) is 1. The van der Waals surface area contributed by atoms with Crippen molar-refractivity contribution in [2.24, 2.45) is 5.92 Å². The predicted molar refractivity (Wildman–Crippen MR) is 129 cm³/mol. The Kier molecular flexibility index (Phi) is 5.45. The maximum absolute atomic E-state index is 13.5. The molecule has 0 radical (unpaired) electrons. The van der Waals surface area contributed by atoms with E-state index in [0.717, 1.165) is 32.7 Å². The Bertz CT molecular complexity index is 1280. The number of fused-ring (bicyclic) bond motifs is 2. The molecular weight excluding hydrogens is 418 g/mol. The summed E-state index contributed by atoms with van der Waals surface area (Å²) in [6.07, 6.45) is 1.41. The van der Waals surface area contributed by atoms with Crippen molar-refractivity contribution in [1.82, 2.24) is 4.98 Å². The zero-order valence-corrected chi connectivity index (χ0v) is 18.6. The van der Waals surface area contributed by atoms with Crippen LogP contribution in [-0.4, -0.2) is 16.8 Å². The fourth-order valence-electron chi connectivity index (χ4n) is 4.17. The van der Waals surface area contributed by atoms with Gasteiger partial charge in [-0.2, -0.15) is 0 Å². The molecule has 3 aromatic carbocycles. The van der Waals surface area contributed by atoms with Crippen LogP contribution in [0.2, 0.25) is 0 Å². The summed E-state index contributed by atoms with van der Waals surface area (Å²) in [5.41, 5.74) is 4.70. The number of thiazole rings is 1. The van der Waals surface area contributed by atoms with Crippen LogP contribution in [0.5, 0.6) is 0 Å². The van der Waals surface area contributed by atoms with Crippen LogP contribution in [0.4, 0.5) is 16.5 Å². The third-order valence-electron chi connectivity index (χ3n) is 5.90. The van der Waals surface area contributed by atoms with E-state index >= 15 is 0 Å². The number of aromatic nitrogens is 1. The lowest BCUT2D eigenvalue weighted by atomic mass is 9.89. The summed E-state index contributed by atoms with van der Waals surface area (Å²) in [6.45, 7) is 1.99. The van der Waals surface area contributed by atoms with Crippen LogP contribution in [0.25, 0.3) is 10.2 Å². The van der Waals surface area contributed by atoms with E-state index in [-0.39, 0.29) is 24.2 Å². The largest absolute Gasteiger partial charge is 0.326 e. The van der Waals surface area contributed by atoms with E-state index in [1.54, 1.807) is 4.90 Å². The Morgan fingerprint density at radius 1 is 1.06 bits per heavy atom. The van der Waals surface area contributed by atoms with Crippen molar-refractivity contribution in [3.8, 4) is 0 Å². The molecule has 32 heavy (non-hydrogen) atoms. The molecule has 6 heteroatoms. The second-order valence-electron chi connectivity index (χ2n) is 8.07. The highest BCUT2D eigenvalue weighted by Gasteiger charge is 2.29. The zero-order valence-electron chi connectivity index (χ0n) is 17.7. The number of rotatable bonds is 5. The van der Waals surface area contributed by atoms with Gasteiger partial charge in [-0.3, -0.25) is 14.5 Å². The van der Waals surface area contributed by atoms with E-state index < -0.39 is 0 Å². The quantitative estimate of drug-likeness (QED) is 0.422. The van der Waals surface area contributed by atoms with Crippen LogP contribution in [0.3, 0.4) is 0 Å². The molecule has 0 aliphatic carbocycles. The molecule has 1 aromatic heterocycles. The Morgan fingerprint density at radius 2 is 1.81 bits per heavy atom. The highest BCUT2D eigenvalue weighted by Crippen LogP contribution is 2.36. The number of nitrogens with one attached hydrogen (secondary N) is 1. The summed E-state index contributed by atoms with van der Waals surface area (Å²) < 4.78 is 1.04. The van der Waals surface area contributed by atoms with Crippen molar-refractivity contribution in [2.75, 3.05) is 10.2 Å². The molecule has 1 aliphatic rings. The third kappa shape index (κ3) is 3.89. The highest BCUT2D eigenvalue weighted by atomic mass is 32.1. The SMILES string of the molecule is Cc1ccccc1N(C(=O)CCC1Cc2ccccc2NC1=O)c1nc2ccccc2s1. The van der Waals surface area contributed by atoms with Crippen molar-refractivity contribution in [3.05, 3.63) is 83.9 Å². The van der Waals surface area contributed by atoms with Gasteiger partial charge in [0, 0.05) is 18.0 Å². The summed E-state index contributed by atoms with van der Waals surface area (Å²) in [4.78, 5) is 32.6. The number of amides is 2. The molecule has 2 amide bonds. The normalized spacial score (nSPS) is 15.3. The van der Waals surface area contributed by atoms with E-state index in [9.17, 15) is 9.59 Å². The van der Waals surface area contributed by atoms with Crippen molar-refractivity contribution in [3.63, 3.8) is 0 Å². The molecule has 4 aromatic rings. The van der Waals surface area contributed by atoms with Crippen LogP contribution in [-0.2, 0) is 16.0 Å². The summed E-state index contributed by atoms with van der Waals surface area (Å²) >= 11 is 1.50. The Hall–Kier alpha value is -3.51. The van der Waals surface area contributed by atoms with Gasteiger partial charge in [-0.1, -0.05) is 59.9 Å². The molecule has 0 saturated carbocycles. The molecule has 2 heterocycles. The van der Waals surface area contributed by atoms with Gasteiger partial charge in [0.1, 0.15) is 0 Å². The van der Waals surface area contributed by atoms with E-state index in [2.05, 4.69) is 5.32 Å². The molecule has 1 aliphatic heterocycles. The van der Waals surface area contributed by atoms with Gasteiger partial charge in [-0.05, 0) is 55.2 Å². The molecule has 0 saturated heterocycles. The van der Waals surface area contributed by atoms with Gasteiger partial charge in [0.25, 0.3) is 0 Å². The minimum Gasteiger partial charge on any atom is -0.326 e. The maximum Gasteiger partial charge on any atom is 0.233 e. The summed E-state index contributed by atoms with van der Waals surface area (Å²) in [5, 5.41) is 3.64. The van der Waals surface area contributed by atoms with Gasteiger partial charge in [0.05, 0.1) is 15.9 Å². The van der Waals surface area contributed by atoms with Gasteiger partial charge in [0.2, 0.25) is 11.8 Å². The topological polar surface area (TPSA) is 62.3 Å². The van der Waals surface area contributed by atoms with Crippen LogP contribution in [0, 0.1) is 12.8 Å². The van der Waals surface area contributed by atoms with Gasteiger partial charge in [0.15, 0.2) is 5.13 Å². The molecule has 1 N–H and O–H groups in total. The number of hydrogen-bond acceptors (Lipinski definition) is 4. The summed E-state index contributed by atoms with van der Waals surface area (Å²) in [5.74, 6) is -0.285. The minimum absolute atomic E-state index is 0.0149. The van der Waals surface area contributed by atoms with Crippen molar-refractivity contribution in [2.45, 2.75) is 26.2 Å². The first-order chi connectivity index (χ1) is 15.6. The number of carbonyl (C=O) groups excluding carboxylic acids is 2. The average Bonchev–Trinajstić information content (AvgIpc) is 3.22. The molecule has 5 nitrogen and oxygen atoms in total. The second kappa shape index (κ2) is 8.55. The Balaban J connectivity index is 1.41. The van der Waals surface area contributed by atoms with Crippen LogP contribution < -0.4 is 10.2 Å². The number of aryl methyl sites for hydroxylation is 1. The first-order valence-electron chi connectivity index (χ1n) is 10.7. The van der Waals surface area contributed by atoms with Gasteiger partial charge in [-0.15, -0.1) is 0 Å². The zero-order chi connectivity index (χ0) is 22.1. The molecule has 1 unspecified atom stereocenters. The van der Waals surface area contributed by atoms with E-state index in [1.807, 2.05) is 79.7 Å². The Morgan fingerprint density at radius 3 is 2.66 bits per heavy atom. The molecule has 5 rings (SSSR count). The molecule has 160 valence electrons. The van der Waals surface area contributed by atoms with Crippen molar-refractivity contribution < 1.29 is 9.59 Å². The lowest BCUT2D eigenvalue weighted by Crippen LogP contribution is -2.32. The fraction of sp³-hybridized carbons (Fsp3) is 0.192. The first-order valence-corrected chi connectivity index (χ1v) is 11.5. The summed E-state index contributed by atoms with van der Waals surface area (Å²) in [6, 6.07) is 23.6. The van der Waals surface area contributed by atoms with E-state index in [1.165, 1.54) is 11.3 Å². The minimum atomic E-state index is -0.220. The average molecular weight is 442 g/mol.